The molecule has 0 amide bonds. The molecule has 0 atom stereocenters. The lowest BCUT2D eigenvalue weighted by Crippen LogP contribution is -1.98. The summed E-state index contributed by atoms with van der Waals surface area (Å²) in [5.41, 5.74) is 0. The zero-order chi connectivity index (χ0) is 8.32. The van der Waals surface area contributed by atoms with Gasteiger partial charge in [0.15, 0.2) is 4.70 Å². The summed E-state index contributed by atoms with van der Waals surface area (Å²) >= 11 is 4.23. The van der Waals surface area contributed by atoms with Crippen molar-refractivity contribution in [2.75, 3.05) is 0 Å². The molecule has 11 heavy (non-hydrogen) atoms. The van der Waals surface area contributed by atoms with Crippen molar-refractivity contribution < 1.29 is 8.42 Å². The largest absolute Gasteiger partial charge is 0.218 e. The van der Waals surface area contributed by atoms with Crippen LogP contribution in [-0.4, -0.2) is 13.1 Å². The Bertz CT molecular complexity index is 340. The van der Waals surface area contributed by atoms with E-state index in [4.69, 9.17) is 0 Å². The molecule has 0 aliphatic rings. The molecular weight excluding hydrogens is 180 g/mol. The number of hydrogen-bond acceptors (Lipinski definition) is 3. The average molecular weight is 185 g/mol. The van der Waals surface area contributed by atoms with Gasteiger partial charge in [0.2, 0.25) is 9.84 Å². The molecule has 1 rings (SSSR count). The van der Waals surface area contributed by atoms with Crippen LogP contribution in [0, 0.1) is 0 Å². The second kappa shape index (κ2) is 3.11. The van der Waals surface area contributed by atoms with Crippen LogP contribution in [0.1, 0.15) is 0 Å². The zero-order valence-corrected chi connectivity index (χ0v) is 7.15. The van der Waals surface area contributed by atoms with E-state index < -0.39 is 9.84 Å². The molecule has 0 fully saturated rings. The third-order valence-electron chi connectivity index (χ3n) is 1.16. The lowest BCUT2D eigenvalue weighted by Gasteiger charge is -1.93. The smallest absolute Gasteiger partial charge is 0.218 e. The number of thiocarbonyl (C=S) groups is 1. The number of rotatable bonds is 2. The highest BCUT2D eigenvalue weighted by molar-refractivity contribution is 8.14. The van der Waals surface area contributed by atoms with Crippen molar-refractivity contribution in [3.63, 3.8) is 0 Å². The maximum atomic E-state index is 11.0. The van der Waals surface area contributed by atoms with Crippen LogP contribution >= 0.6 is 12.2 Å². The molecule has 57 valence electrons. The first kappa shape index (κ1) is 8.36. The van der Waals surface area contributed by atoms with Gasteiger partial charge in [0.1, 0.15) is 0 Å². The predicted molar refractivity (Wildman–Crippen MR) is 46.2 cm³/mol. The van der Waals surface area contributed by atoms with Crippen LogP contribution in [0.15, 0.2) is 35.2 Å². The number of benzene rings is 1. The summed E-state index contributed by atoms with van der Waals surface area (Å²) in [6, 6.07) is 7.98. The van der Waals surface area contributed by atoms with E-state index in [9.17, 15) is 8.42 Å². The van der Waals surface area contributed by atoms with Crippen molar-refractivity contribution in [2.45, 2.75) is 4.90 Å². The van der Waals surface area contributed by atoms with Crippen LogP contribution in [-0.2, 0) is 9.84 Å². The summed E-state index contributed by atoms with van der Waals surface area (Å²) in [6.45, 7) is 0. The van der Waals surface area contributed by atoms with E-state index in [1.807, 2.05) is 4.70 Å². The van der Waals surface area contributed by atoms with Crippen molar-refractivity contribution >= 4 is 26.8 Å². The fourth-order valence-electron chi connectivity index (χ4n) is 0.648. The maximum absolute atomic E-state index is 11.0. The standard InChI is InChI=1S/C7H5O2S2/c8-11(9,6-10)7-4-2-1-3-5-7/h1-5H. The molecule has 2 nitrogen and oxygen atoms in total. The first-order valence-electron chi connectivity index (χ1n) is 2.86. The van der Waals surface area contributed by atoms with E-state index in [0.29, 0.717) is 0 Å². The molecule has 1 aromatic carbocycles. The van der Waals surface area contributed by atoms with E-state index in [-0.39, 0.29) is 4.90 Å². The van der Waals surface area contributed by atoms with Gasteiger partial charge < -0.3 is 0 Å². The Morgan fingerprint density at radius 2 is 1.73 bits per heavy atom. The topological polar surface area (TPSA) is 34.1 Å². The van der Waals surface area contributed by atoms with E-state index in [1.54, 1.807) is 18.2 Å². The second-order valence-corrected chi connectivity index (χ2v) is 4.04. The molecule has 0 bridgehead atoms. The predicted octanol–water partition coefficient (Wildman–Crippen LogP) is 1.29. The molecule has 0 aliphatic heterocycles. The van der Waals surface area contributed by atoms with Gasteiger partial charge in [-0.2, -0.15) is 0 Å². The van der Waals surface area contributed by atoms with E-state index in [1.165, 1.54) is 12.1 Å². The molecule has 4 heteroatoms. The zero-order valence-electron chi connectivity index (χ0n) is 5.52. The molecule has 0 heterocycles. The fraction of sp³-hybridized carbons (Fsp3) is 0. The van der Waals surface area contributed by atoms with Crippen LogP contribution in [0.4, 0.5) is 0 Å². The molecule has 0 spiro atoms. The minimum absolute atomic E-state index is 0.190. The number of sulfone groups is 1. The number of hydrogen-bond donors (Lipinski definition) is 0. The fourth-order valence-corrected chi connectivity index (χ4v) is 1.55. The molecule has 0 saturated heterocycles. The summed E-state index contributed by atoms with van der Waals surface area (Å²) in [5.74, 6) is 0. The summed E-state index contributed by atoms with van der Waals surface area (Å²) in [6.07, 6.45) is 0. The van der Waals surface area contributed by atoms with Gasteiger partial charge in [-0.15, -0.1) is 0 Å². The summed E-state index contributed by atoms with van der Waals surface area (Å²) in [4.78, 5) is 0.190. The maximum Gasteiger partial charge on any atom is 0.218 e. The van der Waals surface area contributed by atoms with Gasteiger partial charge >= 0.3 is 0 Å². The molecule has 1 radical (unpaired) electrons. The third kappa shape index (κ3) is 1.85. The Hall–Kier alpha value is -0.740. The van der Waals surface area contributed by atoms with Crippen molar-refractivity contribution in [1.82, 2.24) is 0 Å². The molecule has 1 aromatic rings. The third-order valence-corrected chi connectivity index (χ3v) is 2.93. The minimum Gasteiger partial charge on any atom is -0.218 e. The molecule has 0 aliphatic carbocycles. The lowest BCUT2D eigenvalue weighted by atomic mass is 10.4. The molecule has 0 unspecified atom stereocenters. The van der Waals surface area contributed by atoms with Gasteiger partial charge in [-0.05, 0) is 12.1 Å². The first-order chi connectivity index (χ1) is 5.17. The summed E-state index contributed by atoms with van der Waals surface area (Å²) in [7, 11) is -3.43. The van der Waals surface area contributed by atoms with Crippen molar-refractivity contribution in [3.8, 4) is 0 Å². The van der Waals surface area contributed by atoms with Gasteiger partial charge in [-0.3, -0.25) is 0 Å². The van der Waals surface area contributed by atoms with E-state index in [0.717, 1.165) is 0 Å². The van der Waals surface area contributed by atoms with E-state index >= 15 is 0 Å². The highest BCUT2D eigenvalue weighted by atomic mass is 32.2. The Kier molecular flexibility index (Phi) is 2.36. The second-order valence-electron chi connectivity index (χ2n) is 1.90. The van der Waals surface area contributed by atoms with Gasteiger partial charge in [-0.1, -0.05) is 30.4 Å². The van der Waals surface area contributed by atoms with Crippen molar-refractivity contribution in [3.05, 3.63) is 30.3 Å². The van der Waals surface area contributed by atoms with Crippen LogP contribution < -0.4 is 0 Å². The van der Waals surface area contributed by atoms with Gasteiger partial charge in [0.05, 0.1) is 4.90 Å². The SMILES string of the molecule is O=S(=O)([C]=S)c1ccccc1. The van der Waals surface area contributed by atoms with Crippen LogP contribution in [0.25, 0.3) is 0 Å². The molecule has 0 saturated carbocycles. The monoisotopic (exact) mass is 185 g/mol. The van der Waals surface area contributed by atoms with Crippen LogP contribution in [0.3, 0.4) is 0 Å². The quantitative estimate of drug-likeness (QED) is 0.651. The van der Waals surface area contributed by atoms with Gasteiger partial charge in [-0.25, -0.2) is 8.42 Å². The first-order valence-corrected chi connectivity index (χ1v) is 4.75. The Morgan fingerprint density at radius 1 is 1.18 bits per heavy atom. The highest BCUT2D eigenvalue weighted by Gasteiger charge is 2.08. The lowest BCUT2D eigenvalue weighted by molar-refractivity contribution is 0.608. The normalized spacial score (nSPS) is 10.9. The van der Waals surface area contributed by atoms with Crippen LogP contribution in [0.5, 0.6) is 0 Å². The summed E-state index contributed by atoms with van der Waals surface area (Å²) in [5, 5.41) is 0. The Morgan fingerprint density at radius 3 is 2.18 bits per heavy atom. The summed E-state index contributed by atoms with van der Waals surface area (Å²) < 4.78 is 23.8. The molecule has 0 N–H and O–H groups in total. The minimum atomic E-state index is -3.43. The average Bonchev–Trinajstić information content (AvgIpc) is 2.06. The van der Waals surface area contributed by atoms with E-state index in [2.05, 4.69) is 12.2 Å². The molecule has 0 aromatic heterocycles. The van der Waals surface area contributed by atoms with Gasteiger partial charge in [0.25, 0.3) is 0 Å². The van der Waals surface area contributed by atoms with Gasteiger partial charge in [0, 0.05) is 0 Å². The van der Waals surface area contributed by atoms with Crippen LogP contribution in [0.2, 0.25) is 0 Å². The molecular formula is C7H5O2S2. The van der Waals surface area contributed by atoms with Crippen molar-refractivity contribution in [2.24, 2.45) is 0 Å². The highest BCUT2D eigenvalue weighted by Crippen LogP contribution is 2.06. The Labute approximate surface area is 70.8 Å². The Balaban J connectivity index is 3.24. The van der Waals surface area contributed by atoms with Crippen molar-refractivity contribution in [1.29, 1.82) is 0 Å².